The molecular weight excluding hydrogens is 346 g/mol. The number of benzene rings is 1. The molecule has 2 atom stereocenters. The molecule has 0 unspecified atom stereocenters. The van der Waals surface area contributed by atoms with Crippen molar-refractivity contribution in [3.8, 4) is 0 Å². The molecule has 2 aromatic rings. The van der Waals surface area contributed by atoms with Gasteiger partial charge in [0.1, 0.15) is 24.0 Å². The van der Waals surface area contributed by atoms with Gasteiger partial charge in [-0.25, -0.2) is 9.59 Å². The fourth-order valence-corrected chi connectivity index (χ4v) is 2.45. The van der Waals surface area contributed by atoms with Crippen molar-refractivity contribution < 1.29 is 23.5 Å². The third-order valence-corrected chi connectivity index (χ3v) is 3.63. The molecule has 0 aliphatic heterocycles. The Kier molecular flexibility index (Phi) is 6.82. The number of carbonyl (C=O) groups excluding carboxylic acids is 2. The molecule has 1 aromatic heterocycles. The number of carbonyl (C=O) groups is 2. The largest absolute Gasteiger partial charge is 0.469 e. The molecule has 0 bridgehead atoms. The summed E-state index contributed by atoms with van der Waals surface area (Å²) >= 11 is 0. The van der Waals surface area contributed by atoms with E-state index in [0.29, 0.717) is 5.76 Å². The molecule has 6 nitrogen and oxygen atoms in total. The van der Waals surface area contributed by atoms with Crippen LogP contribution in [0.1, 0.15) is 38.0 Å². The highest BCUT2D eigenvalue weighted by Gasteiger charge is 2.35. The molecule has 6 heteroatoms. The highest BCUT2D eigenvalue weighted by Crippen LogP contribution is 2.24. The van der Waals surface area contributed by atoms with Gasteiger partial charge in [-0.2, -0.15) is 0 Å². The highest BCUT2D eigenvalue weighted by atomic mass is 16.6. The molecule has 1 N–H and O–H groups in total. The van der Waals surface area contributed by atoms with E-state index in [1.807, 2.05) is 30.3 Å². The highest BCUT2D eigenvalue weighted by molar-refractivity contribution is 5.83. The van der Waals surface area contributed by atoms with Crippen molar-refractivity contribution in [1.29, 1.82) is 0 Å². The first-order valence-electron chi connectivity index (χ1n) is 8.66. The van der Waals surface area contributed by atoms with Crippen LogP contribution in [0.4, 0.5) is 4.79 Å². The van der Waals surface area contributed by atoms with Crippen LogP contribution in [0.25, 0.3) is 0 Å². The Morgan fingerprint density at radius 1 is 1.19 bits per heavy atom. The maximum Gasteiger partial charge on any atom is 0.408 e. The molecule has 0 radical (unpaired) electrons. The molecule has 0 aliphatic carbocycles. The van der Waals surface area contributed by atoms with Crippen LogP contribution in [0, 0.1) is 0 Å². The minimum Gasteiger partial charge on any atom is -0.469 e. The van der Waals surface area contributed by atoms with E-state index in [4.69, 9.17) is 13.9 Å². The number of nitrogens with one attached hydrogen (secondary N) is 1. The van der Waals surface area contributed by atoms with Crippen LogP contribution in [-0.2, 0) is 20.9 Å². The van der Waals surface area contributed by atoms with Crippen molar-refractivity contribution in [2.45, 2.75) is 44.9 Å². The second-order valence-electron chi connectivity index (χ2n) is 6.99. The average Bonchev–Trinajstić information content (AvgIpc) is 3.13. The Bertz CT molecular complexity index is 747. The van der Waals surface area contributed by atoms with Gasteiger partial charge in [-0.05, 0) is 38.5 Å². The minimum absolute atomic E-state index is 0.0905. The van der Waals surface area contributed by atoms with E-state index in [1.165, 1.54) is 12.3 Å². The zero-order valence-corrected chi connectivity index (χ0v) is 15.8. The lowest BCUT2D eigenvalue weighted by molar-refractivity contribution is -0.157. The van der Waals surface area contributed by atoms with Gasteiger partial charge in [0.25, 0.3) is 0 Å². The molecule has 0 fully saturated rings. The summed E-state index contributed by atoms with van der Waals surface area (Å²) in [4.78, 5) is 25.0. The van der Waals surface area contributed by atoms with Gasteiger partial charge in [0, 0.05) is 0 Å². The first-order chi connectivity index (χ1) is 12.8. The van der Waals surface area contributed by atoms with E-state index in [1.54, 1.807) is 32.9 Å². The lowest BCUT2D eigenvalue weighted by Crippen LogP contribution is -2.47. The summed E-state index contributed by atoms with van der Waals surface area (Å²) in [5.74, 6) is -0.705. The number of alkyl carbamates (subject to hydrolysis) is 1. The number of esters is 1. The van der Waals surface area contributed by atoms with Crippen molar-refractivity contribution >= 4 is 12.1 Å². The first-order valence-corrected chi connectivity index (χ1v) is 8.66. The predicted molar refractivity (Wildman–Crippen MR) is 101 cm³/mol. The molecule has 0 saturated carbocycles. The Balaban J connectivity index is 2.12. The van der Waals surface area contributed by atoms with Gasteiger partial charge < -0.3 is 19.2 Å². The Morgan fingerprint density at radius 2 is 1.89 bits per heavy atom. The average molecular weight is 371 g/mol. The SMILES string of the molecule is C=C[C@@H](c1ccco1)[C@H](NC(=O)OCc1ccccc1)C(=O)OC(C)(C)C. The molecule has 144 valence electrons. The van der Waals surface area contributed by atoms with Gasteiger partial charge >= 0.3 is 12.1 Å². The smallest absolute Gasteiger partial charge is 0.408 e. The molecule has 1 aromatic carbocycles. The van der Waals surface area contributed by atoms with Crippen LogP contribution < -0.4 is 5.32 Å². The second-order valence-corrected chi connectivity index (χ2v) is 6.99. The molecule has 1 heterocycles. The third-order valence-electron chi connectivity index (χ3n) is 3.63. The summed E-state index contributed by atoms with van der Waals surface area (Å²) in [7, 11) is 0. The number of rotatable bonds is 7. The van der Waals surface area contributed by atoms with Crippen molar-refractivity contribution in [2.24, 2.45) is 0 Å². The number of hydrogen-bond donors (Lipinski definition) is 1. The summed E-state index contributed by atoms with van der Waals surface area (Å²) in [5, 5.41) is 2.58. The molecule has 2 rings (SSSR count). The number of amides is 1. The minimum atomic E-state index is -1.03. The van der Waals surface area contributed by atoms with E-state index < -0.39 is 29.6 Å². The molecule has 27 heavy (non-hydrogen) atoms. The summed E-state index contributed by atoms with van der Waals surface area (Å²) in [6.07, 6.45) is 2.30. The van der Waals surface area contributed by atoms with Crippen LogP contribution in [0.2, 0.25) is 0 Å². The number of furan rings is 1. The van der Waals surface area contributed by atoms with E-state index in [0.717, 1.165) is 5.56 Å². The predicted octanol–water partition coefficient (Wildman–Crippen LogP) is 4.19. The zero-order valence-electron chi connectivity index (χ0n) is 15.8. The Labute approximate surface area is 159 Å². The number of ether oxygens (including phenoxy) is 2. The van der Waals surface area contributed by atoms with Gasteiger partial charge in [0.05, 0.1) is 12.2 Å². The van der Waals surface area contributed by atoms with Crippen molar-refractivity contribution in [3.63, 3.8) is 0 Å². The standard InChI is InChI=1S/C21H25NO5/c1-5-16(17-12-9-13-25-17)18(19(23)27-21(2,3)4)22-20(24)26-14-15-10-7-6-8-11-15/h5-13,16,18H,1,14H2,2-4H3,(H,22,24)/t16-,18-/m0/s1. The summed E-state index contributed by atoms with van der Waals surface area (Å²) in [5.41, 5.74) is 0.132. The zero-order chi connectivity index (χ0) is 19.9. The van der Waals surface area contributed by atoms with Crippen LogP contribution in [0.5, 0.6) is 0 Å². The normalized spacial score (nSPS) is 13.3. The van der Waals surface area contributed by atoms with Gasteiger partial charge in [-0.3, -0.25) is 0 Å². The van der Waals surface area contributed by atoms with Gasteiger partial charge in [0.15, 0.2) is 0 Å². The lowest BCUT2D eigenvalue weighted by atomic mass is 9.97. The fourth-order valence-electron chi connectivity index (χ4n) is 2.45. The lowest BCUT2D eigenvalue weighted by Gasteiger charge is -2.27. The summed E-state index contributed by atoms with van der Waals surface area (Å²) in [6, 6.07) is 11.6. The van der Waals surface area contributed by atoms with Crippen LogP contribution >= 0.6 is 0 Å². The van der Waals surface area contributed by atoms with Crippen molar-refractivity contribution in [2.75, 3.05) is 0 Å². The van der Waals surface area contributed by atoms with E-state index in [-0.39, 0.29) is 6.61 Å². The Morgan fingerprint density at radius 3 is 2.44 bits per heavy atom. The van der Waals surface area contributed by atoms with Crippen molar-refractivity contribution in [3.05, 3.63) is 72.7 Å². The van der Waals surface area contributed by atoms with E-state index in [9.17, 15) is 9.59 Å². The Hall–Kier alpha value is -3.02. The topological polar surface area (TPSA) is 77.8 Å². The monoisotopic (exact) mass is 371 g/mol. The molecule has 0 spiro atoms. The molecular formula is C21H25NO5. The summed E-state index contributed by atoms with van der Waals surface area (Å²) < 4.78 is 16.1. The maximum absolute atomic E-state index is 12.7. The van der Waals surface area contributed by atoms with Gasteiger partial charge in [-0.15, -0.1) is 6.58 Å². The molecule has 1 amide bonds. The van der Waals surface area contributed by atoms with E-state index >= 15 is 0 Å². The second kappa shape index (κ2) is 9.07. The molecule has 0 saturated heterocycles. The quantitative estimate of drug-likeness (QED) is 0.583. The first kappa shape index (κ1) is 20.3. The van der Waals surface area contributed by atoms with Gasteiger partial charge in [0.2, 0.25) is 0 Å². The van der Waals surface area contributed by atoms with Crippen molar-refractivity contribution in [1.82, 2.24) is 5.32 Å². The third kappa shape index (κ3) is 6.33. The van der Waals surface area contributed by atoms with Crippen LogP contribution in [0.15, 0.2) is 65.8 Å². The molecule has 0 aliphatic rings. The van der Waals surface area contributed by atoms with Crippen LogP contribution in [0.3, 0.4) is 0 Å². The maximum atomic E-state index is 12.7. The number of hydrogen-bond acceptors (Lipinski definition) is 5. The van der Waals surface area contributed by atoms with Gasteiger partial charge in [-0.1, -0.05) is 36.4 Å². The fraction of sp³-hybridized carbons (Fsp3) is 0.333. The van der Waals surface area contributed by atoms with E-state index in [2.05, 4.69) is 11.9 Å². The summed E-state index contributed by atoms with van der Waals surface area (Å²) in [6.45, 7) is 9.11. The van der Waals surface area contributed by atoms with Crippen LogP contribution in [-0.4, -0.2) is 23.7 Å².